The van der Waals surface area contributed by atoms with Crippen LogP contribution in [0.25, 0.3) is 0 Å². The summed E-state index contributed by atoms with van der Waals surface area (Å²) in [6.45, 7) is 6.09. The summed E-state index contributed by atoms with van der Waals surface area (Å²) in [7, 11) is 1.59. The molecule has 1 fully saturated rings. The van der Waals surface area contributed by atoms with E-state index in [1.165, 1.54) is 0 Å². The summed E-state index contributed by atoms with van der Waals surface area (Å²) in [5.74, 6) is 0.752. The van der Waals surface area contributed by atoms with Crippen molar-refractivity contribution in [3.8, 4) is 0 Å². The van der Waals surface area contributed by atoms with Gasteiger partial charge in [0.05, 0.1) is 6.61 Å². The molecule has 1 aliphatic heterocycles. The molecule has 0 unspecified atom stereocenters. The Morgan fingerprint density at radius 2 is 2.04 bits per heavy atom. The van der Waals surface area contributed by atoms with Crippen LogP contribution in [0.3, 0.4) is 0 Å². The van der Waals surface area contributed by atoms with Gasteiger partial charge in [-0.15, -0.1) is 0 Å². The van der Waals surface area contributed by atoms with Gasteiger partial charge in [-0.1, -0.05) is 6.42 Å². The lowest BCUT2D eigenvalue weighted by molar-refractivity contribution is -0.130. The summed E-state index contributed by atoms with van der Waals surface area (Å²) >= 11 is 0. The first kappa shape index (κ1) is 21.2. The molecular formula is C17H33N5O3. The van der Waals surface area contributed by atoms with Crippen molar-refractivity contribution in [1.82, 2.24) is 20.9 Å². The van der Waals surface area contributed by atoms with Crippen LogP contribution in [0, 0.1) is 0 Å². The molecule has 0 aromatic carbocycles. The first-order valence-corrected chi connectivity index (χ1v) is 9.23. The predicted molar refractivity (Wildman–Crippen MR) is 98.5 cm³/mol. The predicted octanol–water partition coefficient (Wildman–Crippen LogP) is 0.0968. The quantitative estimate of drug-likeness (QED) is 0.293. The summed E-state index contributed by atoms with van der Waals surface area (Å²) in [4.78, 5) is 29.8. The standard InChI is InChI=1S/C17H33N5O3/c1-3-18-17(21-14-15(23)19-10-13-25-2)20-9-7-12-22-11-6-4-5-8-16(22)24/h3-14H2,1-2H3,(H,19,23)(H2,18,20,21). The van der Waals surface area contributed by atoms with Gasteiger partial charge in [0.2, 0.25) is 11.8 Å². The Kier molecular flexibility index (Phi) is 11.4. The smallest absolute Gasteiger partial charge is 0.241 e. The first-order chi connectivity index (χ1) is 12.2. The van der Waals surface area contributed by atoms with Crippen LogP contribution in [-0.2, 0) is 14.3 Å². The van der Waals surface area contributed by atoms with Crippen molar-refractivity contribution in [1.29, 1.82) is 0 Å². The summed E-state index contributed by atoms with van der Waals surface area (Å²) in [5, 5.41) is 9.06. The second-order valence-corrected chi connectivity index (χ2v) is 6.01. The highest BCUT2D eigenvalue weighted by Gasteiger charge is 2.15. The number of hydrogen-bond donors (Lipinski definition) is 3. The molecule has 8 nitrogen and oxygen atoms in total. The van der Waals surface area contributed by atoms with E-state index in [0.29, 0.717) is 32.1 Å². The lowest BCUT2D eigenvalue weighted by atomic mass is 10.2. The molecule has 0 bridgehead atoms. The number of carbonyl (C=O) groups excluding carboxylic acids is 2. The second kappa shape index (κ2) is 13.5. The van der Waals surface area contributed by atoms with Crippen LogP contribution in [0.2, 0.25) is 0 Å². The molecule has 3 N–H and O–H groups in total. The molecule has 1 saturated heterocycles. The van der Waals surface area contributed by atoms with E-state index in [2.05, 4.69) is 20.9 Å². The average Bonchev–Trinajstić information content (AvgIpc) is 2.81. The van der Waals surface area contributed by atoms with Crippen LogP contribution in [0.1, 0.15) is 39.0 Å². The van der Waals surface area contributed by atoms with Crippen LogP contribution < -0.4 is 16.0 Å². The van der Waals surface area contributed by atoms with Gasteiger partial charge < -0.3 is 25.6 Å². The number of guanidine groups is 1. The molecular weight excluding hydrogens is 322 g/mol. The number of methoxy groups -OCH3 is 1. The fourth-order valence-electron chi connectivity index (χ4n) is 2.59. The Balaban J connectivity index is 2.28. The number of hydrogen-bond acceptors (Lipinski definition) is 4. The van der Waals surface area contributed by atoms with Gasteiger partial charge in [-0.25, -0.2) is 4.99 Å². The van der Waals surface area contributed by atoms with Gasteiger partial charge in [-0.2, -0.15) is 0 Å². The molecule has 144 valence electrons. The van der Waals surface area contributed by atoms with E-state index in [1.54, 1.807) is 7.11 Å². The molecule has 1 rings (SSSR count). The number of ether oxygens (including phenoxy) is 1. The van der Waals surface area contributed by atoms with Crippen molar-refractivity contribution >= 4 is 17.8 Å². The van der Waals surface area contributed by atoms with Gasteiger partial charge in [0.15, 0.2) is 5.96 Å². The van der Waals surface area contributed by atoms with E-state index in [4.69, 9.17) is 4.74 Å². The topological polar surface area (TPSA) is 95.1 Å². The fraction of sp³-hybridized carbons (Fsp3) is 0.824. The normalized spacial score (nSPS) is 15.7. The summed E-state index contributed by atoms with van der Waals surface area (Å²) in [5.41, 5.74) is 0. The number of amides is 2. The Labute approximate surface area is 150 Å². The van der Waals surface area contributed by atoms with Crippen molar-refractivity contribution in [3.63, 3.8) is 0 Å². The maximum Gasteiger partial charge on any atom is 0.241 e. The molecule has 25 heavy (non-hydrogen) atoms. The Bertz CT molecular complexity index is 429. The highest BCUT2D eigenvalue weighted by molar-refractivity contribution is 5.84. The van der Waals surface area contributed by atoms with E-state index in [-0.39, 0.29) is 18.4 Å². The van der Waals surface area contributed by atoms with E-state index < -0.39 is 0 Å². The molecule has 2 amide bonds. The zero-order valence-electron chi connectivity index (χ0n) is 15.6. The molecule has 1 aliphatic rings. The number of nitrogens with one attached hydrogen (secondary N) is 3. The van der Waals surface area contributed by atoms with Crippen LogP contribution in [0.4, 0.5) is 0 Å². The fourth-order valence-corrected chi connectivity index (χ4v) is 2.59. The Morgan fingerprint density at radius 3 is 2.80 bits per heavy atom. The van der Waals surface area contributed by atoms with Gasteiger partial charge in [0.1, 0.15) is 6.54 Å². The zero-order chi connectivity index (χ0) is 18.3. The first-order valence-electron chi connectivity index (χ1n) is 9.23. The van der Waals surface area contributed by atoms with Gasteiger partial charge in [0, 0.05) is 46.3 Å². The molecule has 8 heteroatoms. The van der Waals surface area contributed by atoms with E-state index in [9.17, 15) is 9.59 Å². The number of likely N-dealkylation sites (tertiary alicyclic amines) is 1. The number of carbonyl (C=O) groups is 2. The summed E-state index contributed by atoms with van der Waals surface area (Å²) in [6, 6.07) is 0. The van der Waals surface area contributed by atoms with Crippen molar-refractivity contribution in [2.24, 2.45) is 4.99 Å². The second-order valence-electron chi connectivity index (χ2n) is 6.01. The minimum absolute atomic E-state index is 0.0731. The van der Waals surface area contributed by atoms with Gasteiger partial charge in [-0.3, -0.25) is 9.59 Å². The minimum atomic E-state index is -0.135. The SMILES string of the molecule is CCNC(=NCC(=O)NCCOC)NCCCN1CCCCCC1=O. The third-order valence-electron chi connectivity index (χ3n) is 3.92. The van der Waals surface area contributed by atoms with E-state index in [1.807, 2.05) is 11.8 Å². The number of rotatable bonds is 10. The Morgan fingerprint density at radius 1 is 1.20 bits per heavy atom. The third-order valence-corrected chi connectivity index (χ3v) is 3.92. The molecule has 0 aromatic heterocycles. The molecule has 0 aliphatic carbocycles. The third kappa shape index (κ3) is 9.91. The highest BCUT2D eigenvalue weighted by atomic mass is 16.5. The van der Waals surface area contributed by atoms with E-state index in [0.717, 1.165) is 45.3 Å². The Hall–Kier alpha value is -1.83. The van der Waals surface area contributed by atoms with Crippen LogP contribution in [0.15, 0.2) is 4.99 Å². The maximum absolute atomic E-state index is 11.9. The number of nitrogens with zero attached hydrogens (tertiary/aromatic N) is 2. The van der Waals surface area contributed by atoms with Crippen molar-refractivity contribution in [3.05, 3.63) is 0 Å². The van der Waals surface area contributed by atoms with Crippen LogP contribution in [0.5, 0.6) is 0 Å². The molecule has 0 radical (unpaired) electrons. The molecule has 0 aromatic rings. The number of aliphatic imine (C=N–C) groups is 1. The monoisotopic (exact) mass is 355 g/mol. The highest BCUT2D eigenvalue weighted by Crippen LogP contribution is 2.11. The van der Waals surface area contributed by atoms with E-state index >= 15 is 0 Å². The summed E-state index contributed by atoms with van der Waals surface area (Å²) < 4.78 is 4.88. The lowest BCUT2D eigenvalue weighted by Gasteiger charge is -2.20. The van der Waals surface area contributed by atoms with Crippen molar-refractivity contribution in [2.75, 3.05) is 53.0 Å². The lowest BCUT2D eigenvalue weighted by Crippen LogP contribution is -2.40. The minimum Gasteiger partial charge on any atom is -0.383 e. The van der Waals surface area contributed by atoms with Crippen molar-refractivity contribution in [2.45, 2.75) is 39.0 Å². The maximum atomic E-state index is 11.9. The summed E-state index contributed by atoms with van der Waals surface area (Å²) in [6.07, 6.45) is 4.79. The molecule has 0 saturated carbocycles. The zero-order valence-corrected chi connectivity index (χ0v) is 15.6. The van der Waals surface area contributed by atoms with Gasteiger partial charge in [-0.05, 0) is 26.2 Å². The van der Waals surface area contributed by atoms with Crippen LogP contribution in [-0.4, -0.2) is 75.7 Å². The average molecular weight is 355 g/mol. The van der Waals surface area contributed by atoms with Crippen molar-refractivity contribution < 1.29 is 14.3 Å². The largest absolute Gasteiger partial charge is 0.383 e. The molecule has 0 atom stereocenters. The van der Waals surface area contributed by atoms with Gasteiger partial charge >= 0.3 is 0 Å². The van der Waals surface area contributed by atoms with Gasteiger partial charge in [0.25, 0.3) is 0 Å². The molecule has 0 spiro atoms. The van der Waals surface area contributed by atoms with Crippen LogP contribution >= 0.6 is 0 Å². The molecule has 1 heterocycles.